The largest absolute Gasteiger partial charge is 0.508 e. The molecule has 21 heavy (non-hydrogen) atoms. The molecule has 3 rings (SSSR count). The fourth-order valence-electron chi connectivity index (χ4n) is 1.98. The second kappa shape index (κ2) is 5.33. The summed E-state index contributed by atoms with van der Waals surface area (Å²) in [6, 6.07) is 11.1. The van der Waals surface area contributed by atoms with Crippen LogP contribution in [0.1, 0.15) is 11.1 Å². The lowest BCUT2D eigenvalue weighted by Gasteiger charge is -2.00. The summed E-state index contributed by atoms with van der Waals surface area (Å²) in [6.07, 6.45) is 0. The van der Waals surface area contributed by atoms with E-state index in [0.717, 1.165) is 26.7 Å². The zero-order chi connectivity index (χ0) is 15.0. The molecule has 0 radical (unpaired) electrons. The van der Waals surface area contributed by atoms with Gasteiger partial charge in [0.2, 0.25) is 5.82 Å². The monoisotopic (exact) mass is 344 g/mol. The third kappa shape index (κ3) is 2.69. The van der Waals surface area contributed by atoms with Crippen LogP contribution >= 0.6 is 15.9 Å². The molecular formula is C16H13BrN2O2. The molecule has 0 aliphatic heterocycles. The van der Waals surface area contributed by atoms with Crippen LogP contribution in [-0.2, 0) is 0 Å². The van der Waals surface area contributed by atoms with Gasteiger partial charge < -0.3 is 9.63 Å². The molecule has 1 aromatic heterocycles. The first-order valence-corrected chi connectivity index (χ1v) is 7.24. The van der Waals surface area contributed by atoms with Crippen molar-refractivity contribution >= 4 is 15.9 Å². The lowest BCUT2D eigenvalue weighted by atomic mass is 10.1. The molecule has 2 aromatic carbocycles. The smallest absolute Gasteiger partial charge is 0.258 e. The van der Waals surface area contributed by atoms with Gasteiger partial charge in [0.05, 0.1) is 0 Å². The Kier molecular flexibility index (Phi) is 3.51. The van der Waals surface area contributed by atoms with Crippen molar-refractivity contribution in [2.75, 3.05) is 0 Å². The summed E-state index contributed by atoms with van der Waals surface area (Å²) in [6.45, 7) is 3.85. The van der Waals surface area contributed by atoms with Gasteiger partial charge >= 0.3 is 0 Å². The summed E-state index contributed by atoms with van der Waals surface area (Å²) in [4.78, 5) is 4.41. The van der Waals surface area contributed by atoms with Gasteiger partial charge in [0, 0.05) is 15.6 Å². The molecular weight excluding hydrogens is 332 g/mol. The molecule has 0 aliphatic carbocycles. The Morgan fingerprint density at radius 1 is 1.00 bits per heavy atom. The molecule has 0 bridgehead atoms. The number of benzene rings is 2. The molecule has 0 amide bonds. The fraction of sp³-hybridized carbons (Fsp3) is 0.125. The molecule has 1 N–H and O–H groups in total. The molecule has 0 atom stereocenters. The highest BCUT2D eigenvalue weighted by atomic mass is 79.9. The lowest BCUT2D eigenvalue weighted by molar-refractivity contribution is 0.432. The number of halogens is 1. The maximum absolute atomic E-state index is 9.56. The Bertz CT molecular complexity index is 746. The normalized spacial score (nSPS) is 10.8. The van der Waals surface area contributed by atoms with Crippen LogP contribution in [-0.4, -0.2) is 15.2 Å². The van der Waals surface area contributed by atoms with Crippen molar-refractivity contribution < 1.29 is 9.63 Å². The minimum atomic E-state index is 0.251. The molecule has 0 unspecified atom stereocenters. The van der Waals surface area contributed by atoms with E-state index >= 15 is 0 Å². The average Bonchev–Trinajstić information content (AvgIpc) is 2.94. The van der Waals surface area contributed by atoms with E-state index in [1.165, 1.54) is 0 Å². The molecule has 0 aliphatic rings. The first-order valence-electron chi connectivity index (χ1n) is 6.45. The van der Waals surface area contributed by atoms with Crippen LogP contribution in [0.25, 0.3) is 22.8 Å². The number of aryl methyl sites for hydroxylation is 2. The highest BCUT2D eigenvalue weighted by Crippen LogP contribution is 2.28. The topological polar surface area (TPSA) is 59.2 Å². The molecule has 3 aromatic rings. The molecule has 0 saturated heterocycles. The Labute approximate surface area is 130 Å². The summed E-state index contributed by atoms with van der Waals surface area (Å²) in [5.41, 5.74) is 3.59. The van der Waals surface area contributed by atoms with Crippen molar-refractivity contribution in [1.82, 2.24) is 10.1 Å². The number of nitrogens with zero attached hydrogens (tertiary/aromatic N) is 2. The molecule has 106 valence electrons. The summed E-state index contributed by atoms with van der Waals surface area (Å²) < 4.78 is 6.32. The number of rotatable bonds is 2. The van der Waals surface area contributed by atoms with Gasteiger partial charge in [0.15, 0.2) is 0 Å². The predicted molar refractivity (Wildman–Crippen MR) is 84.0 cm³/mol. The molecule has 0 fully saturated rings. The molecule has 0 spiro atoms. The lowest BCUT2D eigenvalue weighted by Crippen LogP contribution is -1.84. The van der Waals surface area contributed by atoms with Crippen molar-refractivity contribution in [3.63, 3.8) is 0 Å². The predicted octanol–water partition coefficient (Wildman–Crippen LogP) is 4.49. The van der Waals surface area contributed by atoms with Gasteiger partial charge in [0.25, 0.3) is 5.89 Å². The van der Waals surface area contributed by atoms with Gasteiger partial charge in [-0.3, -0.25) is 0 Å². The van der Waals surface area contributed by atoms with Crippen LogP contribution in [0.2, 0.25) is 0 Å². The maximum atomic E-state index is 9.56. The minimum Gasteiger partial charge on any atom is -0.508 e. The van der Waals surface area contributed by atoms with Crippen LogP contribution in [0.5, 0.6) is 5.75 Å². The van der Waals surface area contributed by atoms with Crippen LogP contribution in [0.3, 0.4) is 0 Å². The minimum absolute atomic E-state index is 0.251. The molecule has 5 heteroatoms. The van der Waals surface area contributed by atoms with Gasteiger partial charge in [-0.25, -0.2) is 0 Å². The van der Waals surface area contributed by atoms with E-state index in [4.69, 9.17) is 4.52 Å². The van der Waals surface area contributed by atoms with E-state index in [9.17, 15) is 5.11 Å². The van der Waals surface area contributed by atoms with E-state index in [0.29, 0.717) is 11.7 Å². The highest BCUT2D eigenvalue weighted by molar-refractivity contribution is 9.10. The second-order valence-corrected chi connectivity index (χ2v) is 5.74. The Morgan fingerprint density at radius 3 is 2.48 bits per heavy atom. The fourth-order valence-corrected chi connectivity index (χ4v) is 2.36. The van der Waals surface area contributed by atoms with E-state index < -0.39 is 0 Å². The third-order valence-electron chi connectivity index (χ3n) is 3.30. The summed E-state index contributed by atoms with van der Waals surface area (Å²) in [7, 11) is 0. The van der Waals surface area contributed by atoms with Crippen LogP contribution < -0.4 is 0 Å². The van der Waals surface area contributed by atoms with Crippen LogP contribution in [0.15, 0.2) is 45.4 Å². The Morgan fingerprint density at radius 2 is 1.76 bits per heavy atom. The number of hydrogen-bond donors (Lipinski definition) is 1. The summed E-state index contributed by atoms with van der Waals surface area (Å²) in [5.74, 6) is 1.22. The first-order chi connectivity index (χ1) is 10.0. The van der Waals surface area contributed by atoms with E-state index in [1.807, 2.05) is 38.1 Å². The molecule has 4 nitrogen and oxygen atoms in total. The Hall–Kier alpha value is -2.14. The van der Waals surface area contributed by atoms with Crippen molar-refractivity contribution in [3.05, 3.63) is 52.0 Å². The van der Waals surface area contributed by atoms with Crippen molar-refractivity contribution in [1.29, 1.82) is 0 Å². The van der Waals surface area contributed by atoms with Crippen LogP contribution in [0, 0.1) is 13.8 Å². The van der Waals surface area contributed by atoms with Gasteiger partial charge in [-0.05, 0) is 49.2 Å². The number of phenolic OH excluding ortho intramolecular Hbond substituents is 1. The van der Waals surface area contributed by atoms with E-state index in [2.05, 4.69) is 26.1 Å². The quantitative estimate of drug-likeness (QED) is 0.744. The maximum Gasteiger partial charge on any atom is 0.258 e. The zero-order valence-corrected chi connectivity index (χ0v) is 13.2. The highest BCUT2D eigenvalue weighted by Gasteiger charge is 2.12. The summed E-state index contributed by atoms with van der Waals surface area (Å²) >= 11 is 3.50. The van der Waals surface area contributed by atoms with E-state index in [-0.39, 0.29) is 5.75 Å². The Balaban J connectivity index is 1.99. The summed E-state index contributed by atoms with van der Waals surface area (Å²) in [5, 5.41) is 13.6. The van der Waals surface area contributed by atoms with Crippen molar-refractivity contribution in [2.24, 2.45) is 0 Å². The molecule has 0 saturated carbocycles. The molecule has 1 heterocycles. The number of aromatic hydroxyl groups is 1. The van der Waals surface area contributed by atoms with Gasteiger partial charge in [-0.1, -0.05) is 33.2 Å². The van der Waals surface area contributed by atoms with Crippen LogP contribution in [0.4, 0.5) is 0 Å². The van der Waals surface area contributed by atoms with Crippen molar-refractivity contribution in [2.45, 2.75) is 13.8 Å². The van der Waals surface area contributed by atoms with E-state index in [1.54, 1.807) is 12.1 Å². The average molecular weight is 345 g/mol. The van der Waals surface area contributed by atoms with Gasteiger partial charge in [-0.15, -0.1) is 0 Å². The van der Waals surface area contributed by atoms with Gasteiger partial charge in [-0.2, -0.15) is 4.98 Å². The number of phenols is 1. The number of aromatic nitrogens is 2. The van der Waals surface area contributed by atoms with Crippen molar-refractivity contribution in [3.8, 4) is 28.6 Å². The zero-order valence-electron chi connectivity index (χ0n) is 11.6. The number of hydrogen-bond acceptors (Lipinski definition) is 4. The van der Waals surface area contributed by atoms with Gasteiger partial charge in [0.1, 0.15) is 5.75 Å². The second-order valence-electron chi connectivity index (χ2n) is 4.89. The SMILES string of the molecule is Cc1cc(-c2nc(-c3ccc(C)c(Br)c3)no2)ccc1O. The third-order valence-corrected chi connectivity index (χ3v) is 4.15. The standard InChI is InChI=1S/C16H13BrN2O2/c1-9-3-4-11(8-13(9)17)15-18-16(21-19-15)12-5-6-14(20)10(2)7-12/h3-8,20H,1-2H3. The first kappa shape index (κ1) is 13.8.